The number of rotatable bonds is 5. The Morgan fingerprint density at radius 1 is 1.26 bits per heavy atom. The van der Waals surface area contributed by atoms with E-state index in [1.54, 1.807) is 18.0 Å². The first-order valence-corrected chi connectivity index (χ1v) is 9.17. The molecule has 0 saturated carbocycles. The number of carbonyl (C=O) groups excluding carboxylic acids is 2. The molecule has 7 heteroatoms. The van der Waals surface area contributed by atoms with E-state index in [0.717, 1.165) is 23.2 Å². The zero-order chi connectivity index (χ0) is 19.8. The first-order valence-electron chi connectivity index (χ1n) is 9.17. The molecule has 1 N–H and O–H groups in total. The minimum absolute atomic E-state index is 0.0462. The highest BCUT2D eigenvalue weighted by molar-refractivity contribution is 6.07. The molecule has 0 aromatic heterocycles. The number of benzene rings is 1. The molecule has 2 rings (SSSR count). The van der Waals surface area contributed by atoms with E-state index in [1.807, 2.05) is 43.0 Å². The molecule has 1 aromatic rings. The van der Waals surface area contributed by atoms with Crippen LogP contribution in [0, 0.1) is 18.3 Å². The van der Waals surface area contributed by atoms with Crippen molar-refractivity contribution < 1.29 is 14.3 Å². The number of nitriles is 1. The van der Waals surface area contributed by atoms with Crippen molar-refractivity contribution in [1.29, 1.82) is 5.26 Å². The number of hydrogen-bond donors (Lipinski definition) is 1. The topological polar surface area (TPSA) is 85.7 Å². The molecule has 0 bridgehead atoms. The van der Waals surface area contributed by atoms with Gasteiger partial charge in [-0.2, -0.15) is 5.26 Å². The molecule has 1 aliphatic rings. The molecule has 0 radical (unpaired) electrons. The van der Waals surface area contributed by atoms with Crippen LogP contribution in [-0.4, -0.2) is 54.6 Å². The summed E-state index contributed by atoms with van der Waals surface area (Å²) in [5.74, 6) is -0.422. The lowest BCUT2D eigenvalue weighted by molar-refractivity contribution is -0.112. The summed E-state index contributed by atoms with van der Waals surface area (Å²) >= 11 is 0. The van der Waals surface area contributed by atoms with Crippen LogP contribution < -0.4 is 5.32 Å². The maximum atomic E-state index is 12.6. The summed E-state index contributed by atoms with van der Waals surface area (Å²) in [5, 5.41) is 12.3. The van der Waals surface area contributed by atoms with Gasteiger partial charge in [0.25, 0.3) is 5.91 Å². The minimum Gasteiger partial charge on any atom is -0.450 e. The van der Waals surface area contributed by atoms with Crippen molar-refractivity contribution in [3.05, 3.63) is 41.1 Å². The molecular formula is C20H26N4O3. The molecule has 0 unspecified atom stereocenters. The molecule has 1 fully saturated rings. The van der Waals surface area contributed by atoms with Gasteiger partial charge in [0.15, 0.2) is 0 Å². The Bertz CT molecular complexity index is 759. The van der Waals surface area contributed by atoms with Crippen LogP contribution in [0.5, 0.6) is 0 Å². The van der Waals surface area contributed by atoms with Gasteiger partial charge in [-0.15, -0.1) is 0 Å². The zero-order valence-corrected chi connectivity index (χ0v) is 16.1. The monoisotopic (exact) mass is 370 g/mol. The second-order valence-electron chi connectivity index (χ2n) is 6.29. The molecule has 0 spiro atoms. The molecule has 7 nitrogen and oxygen atoms in total. The Labute approximate surface area is 160 Å². The lowest BCUT2D eigenvalue weighted by Crippen LogP contribution is -2.47. The van der Waals surface area contributed by atoms with Crippen molar-refractivity contribution in [2.45, 2.75) is 27.2 Å². The van der Waals surface area contributed by atoms with Crippen LogP contribution in [0.3, 0.4) is 0 Å². The van der Waals surface area contributed by atoms with Gasteiger partial charge in [-0.25, -0.2) is 4.79 Å². The van der Waals surface area contributed by atoms with Crippen LogP contribution in [0.2, 0.25) is 0 Å². The van der Waals surface area contributed by atoms with Gasteiger partial charge in [-0.1, -0.05) is 25.1 Å². The van der Waals surface area contributed by atoms with Gasteiger partial charge in [-0.05, 0) is 31.4 Å². The zero-order valence-electron chi connectivity index (χ0n) is 16.1. The second-order valence-corrected chi connectivity index (χ2v) is 6.29. The van der Waals surface area contributed by atoms with E-state index in [9.17, 15) is 14.9 Å². The van der Waals surface area contributed by atoms with E-state index in [2.05, 4.69) is 5.32 Å². The molecule has 1 aliphatic heterocycles. The fraction of sp³-hybridized carbons (Fsp3) is 0.450. The van der Waals surface area contributed by atoms with Gasteiger partial charge < -0.3 is 19.9 Å². The van der Waals surface area contributed by atoms with Gasteiger partial charge in [-0.3, -0.25) is 4.79 Å². The number of nitrogens with one attached hydrogen (secondary N) is 1. The first-order chi connectivity index (χ1) is 13.0. The van der Waals surface area contributed by atoms with Crippen LogP contribution in [0.1, 0.15) is 25.0 Å². The number of hydrogen-bond acceptors (Lipinski definition) is 5. The van der Waals surface area contributed by atoms with Crippen LogP contribution in [0.25, 0.3) is 0 Å². The maximum Gasteiger partial charge on any atom is 0.409 e. The summed E-state index contributed by atoms with van der Waals surface area (Å²) in [6.07, 6.45) is 2.03. The highest BCUT2D eigenvalue weighted by Crippen LogP contribution is 2.21. The van der Waals surface area contributed by atoms with Crippen molar-refractivity contribution in [3.8, 4) is 6.07 Å². The van der Waals surface area contributed by atoms with Gasteiger partial charge in [0.2, 0.25) is 0 Å². The van der Waals surface area contributed by atoms with Gasteiger partial charge in [0.1, 0.15) is 11.6 Å². The Balaban J connectivity index is 2.04. The normalized spacial score (nSPS) is 14.5. The molecule has 1 saturated heterocycles. The van der Waals surface area contributed by atoms with Crippen molar-refractivity contribution in [1.82, 2.24) is 9.80 Å². The summed E-state index contributed by atoms with van der Waals surface area (Å²) in [7, 11) is 0. The van der Waals surface area contributed by atoms with Gasteiger partial charge in [0.05, 0.1) is 6.61 Å². The quantitative estimate of drug-likeness (QED) is 0.636. The summed E-state index contributed by atoms with van der Waals surface area (Å²) in [4.78, 5) is 27.8. The highest BCUT2D eigenvalue weighted by Gasteiger charge is 2.22. The Morgan fingerprint density at radius 2 is 1.96 bits per heavy atom. The Kier molecular flexibility index (Phi) is 7.24. The molecule has 0 aliphatic carbocycles. The average molecular weight is 370 g/mol. The predicted octanol–water partition coefficient (Wildman–Crippen LogP) is 2.68. The van der Waals surface area contributed by atoms with Crippen LogP contribution in [-0.2, 0) is 16.0 Å². The van der Waals surface area contributed by atoms with Crippen molar-refractivity contribution >= 4 is 17.7 Å². The average Bonchev–Trinajstić information content (AvgIpc) is 2.68. The fourth-order valence-electron chi connectivity index (χ4n) is 2.95. The number of amides is 2. The van der Waals surface area contributed by atoms with Crippen molar-refractivity contribution in [3.63, 3.8) is 0 Å². The summed E-state index contributed by atoms with van der Waals surface area (Å²) in [5.41, 5.74) is 2.80. The number of para-hydroxylation sites is 1. The largest absolute Gasteiger partial charge is 0.450 e. The van der Waals surface area contributed by atoms with Crippen LogP contribution >= 0.6 is 0 Å². The predicted molar refractivity (Wildman–Crippen MR) is 103 cm³/mol. The lowest BCUT2D eigenvalue weighted by atomic mass is 10.1. The second kappa shape index (κ2) is 9.62. The molecule has 1 heterocycles. The number of piperazine rings is 1. The van der Waals surface area contributed by atoms with Crippen molar-refractivity contribution in [2.24, 2.45) is 0 Å². The molecule has 0 atom stereocenters. The number of carbonyl (C=O) groups is 2. The fourth-order valence-corrected chi connectivity index (χ4v) is 2.95. The SMILES string of the molecule is CCOC(=O)N1CCN(/C=C(/C#N)C(=O)Nc2c(C)cccc2CC)CC1. The molecule has 144 valence electrons. The smallest absolute Gasteiger partial charge is 0.409 e. The van der Waals surface area contributed by atoms with E-state index >= 15 is 0 Å². The number of aryl methyl sites for hydroxylation is 2. The third-order valence-electron chi connectivity index (χ3n) is 4.50. The van der Waals surface area contributed by atoms with E-state index in [1.165, 1.54) is 0 Å². The summed E-state index contributed by atoms with van der Waals surface area (Å²) in [6, 6.07) is 7.83. The van der Waals surface area contributed by atoms with Crippen LogP contribution in [0.15, 0.2) is 30.0 Å². The molecular weight excluding hydrogens is 344 g/mol. The first kappa shape index (κ1) is 20.3. The van der Waals surface area contributed by atoms with Gasteiger partial charge in [0, 0.05) is 38.1 Å². The minimum atomic E-state index is -0.422. The summed E-state index contributed by atoms with van der Waals surface area (Å²) < 4.78 is 4.99. The molecule has 1 aromatic carbocycles. The molecule has 27 heavy (non-hydrogen) atoms. The van der Waals surface area contributed by atoms with Crippen LogP contribution in [0.4, 0.5) is 10.5 Å². The molecule has 2 amide bonds. The number of nitrogens with zero attached hydrogens (tertiary/aromatic N) is 3. The lowest BCUT2D eigenvalue weighted by Gasteiger charge is -2.33. The standard InChI is InChI=1S/C20H26N4O3/c1-4-16-8-6-7-15(3)18(16)22-19(25)17(13-21)14-23-9-11-24(12-10-23)20(26)27-5-2/h6-8,14H,4-5,9-12H2,1-3H3,(H,22,25)/b17-14-. The Morgan fingerprint density at radius 3 is 2.56 bits per heavy atom. The van der Waals surface area contributed by atoms with Crippen molar-refractivity contribution in [2.75, 3.05) is 38.1 Å². The third kappa shape index (κ3) is 5.23. The van der Waals surface area contributed by atoms with E-state index in [-0.39, 0.29) is 11.7 Å². The van der Waals surface area contributed by atoms with E-state index in [0.29, 0.717) is 32.8 Å². The number of anilines is 1. The third-order valence-corrected chi connectivity index (χ3v) is 4.50. The highest BCUT2D eigenvalue weighted by atomic mass is 16.6. The van der Waals surface area contributed by atoms with Gasteiger partial charge >= 0.3 is 6.09 Å². The maximum absolute atomic E-state index is 12.6. The summed E-state index contributed by atoms with van der Waals surface area (Å²) in [6.45, 7) is 8.14. The number of ether oxygens (including phenoxy) is 1. The van der Waals surface area contributed by atoms with E-state index in [4.69, 9.17) is 4.74 Å². The van der Waals surface area contributed by atoms with E-state index < -0.39 is 5.91 Å². The Hall–Kier alpha value is -3.01.